The Morgan fingerprint density at radius 3 is 2.41 bits per heavy atom. The molecule has 0 atom stereocenters. The van der Waals surface area contributed by atoms with Crippen LogP contribution in [0, 0.1) is 29.5 Å². The van der Waals surface area contributed by atoms with Gasteiger partial charge in [-0.3, -0.25) is 0 Å². The van der Waals surface area contributed by atoms with Crippen molar-refractivity contribution in [2.24, 2.45) is 11.8 Å². The van der Waals surface area contributed by atoms with Crippen LogP contribution < -0.4 is 0 Å². The molecule has 0 saturated heterocycles. The van der Waals surface area contributed by atoms with Crippen LogP contribution in [-0.4, -0.2) is 0 Å². The summed E-state index contributed by atoms with van der Waals surface area (Å²) in [6.45, 7) is 2.22. The lowest BCUT2D eigenvalue weighted by molar-refractivity contribution is 0.364. The van der Waals surface area contributed by atoms with Gasteiger partial charge in [-0.15, -0.1) is 0 Å². The summed E-state index contributed by atoms with van der Waals surface area (Å²) in [4.78, 5) is 0. The van der Waals surface area contributed by atoms with Gasteiger partial charge in [-0.2, -0.15) is 0 Å². The molecule has 1 aliphatic rings. The molecule has 0 aromatic heterocycles. The summed E-state index contributed by atoms with van der Waals surface area (Å²) in [6, 6.07) is 12.9. The molecule has 27 heavy (non-hydrogen) atoms. The lowest BCUT2D eigenvalue weighted by Crippen LogP contribution is -2.11. The first-order valence-electron chi connectivity index (χ1n) is 9.89. The predicted molar refractivity (Wildman–Crippen MR) is 113 cm³/mol. The van der Waals surface area contributed by atoms with Crippen LogP contribution in [0.2, 0.25) is 5.02 Å². The van der Waals surface area contributed by atoms with Gasteiger partial charge in [-0.05, 0) is 73.4 Å². The average Bonchev–Trinajstić information content (AvgIpc) is 2.70. The zero-order chi connectivity index (χ0) is 19.1. The predicted octanol–water partition coefficient (Wildman–Crippen LogP) is 7.66. The van der Waals surface area contributed by atoms with Gasteiger partial charge in [-0.25, -0.2) is 4.39 Å². The van der Waals surface area contributed by atoms with Gasteiger partial charge >= 0.3 is 0 Å². The first kappa shape index (κ1) is 19.7. The molecule has 0 bridgehead atoms. The Balaban J connectivity index is 1.57. The third-order valence-corrected chi connectivity index (χ3v) is 5.50. The number of hydrogen-bond acceptors (Lipinski definition) is 0. The standard InChI is InChI=1S/C25H26ClF/c1-2-3-4-5-19-6-8-20(9-7-19)10-11-21-12-14-22(15-13-21)23-16-17-24(26)25(27)18-23/h4-5,12-20H,2-3,6-9H2,1H3/b5-4+/t19-,20-. The van der Waals surface area contributed by atoms with Crippen LogP contribution in [0.15, 0.2) is 54.6 Å². The zero-order valence-corrected chi connectivity index (χ0v) is 16.6. The maximum Gasteiger partial charge on any atom is 0.142 e. The van der Waals surface area contributed by atoms with Gasteiger partial charge in [-0.1, -0.05) is 67.1 Å². The maximum absolute atomic E-state index is 13.6. The maximum atomic E-state index is 13.6. The number of halogens is 2. The molecule has 3 rings (SSSR count). The molecular formula is C25H26ClF. The summed E-state index contributed by atoms with van der Waals surface area (Å²) in [5.74, 6) is 7.63. The number of benzene rings is 2. The smallest absolute Gasteiger partial charge is 0.142 e. The number of rotatable bonds is 4. The molecule has 1 aliphatic carbocycles. The van der Waals surface area contributed by atoms with E-state index in [4.69, 9.17) is 11.6 Å². The minimum absolute atomic E-state index is 0.150. The quantitative estimate of drug-likeness (QED) is 0.377. The highest BCUT2D eigenvalue weighted by molar-refractivity contribution is 6.30. The van der Waals surface area contributed by atoms with Crippen LogP contribution in [0.4, 0.5) is 4.39 Å². The van der Waals surface area contributed by atoms with Crippen LogP contribution >= 0.6 is 11.6 Å². The second kappa shape index (κ2) is 9.77. The SMILES string of the molecule is CCC/C=C/[C@H]1CC[C@H](C#Cc2ccc(-c3ccc(Cl)c(F)c3)cc2)CC1. The highest BCUT2D eigenvalue weighted by Gasteiger charge is 2.17. The van der Waals surface area contributed by atoms with Crippen molar-refractivity contribution in [2.45, 2.75) is 45.4 Å². The van der Waals surface area contributed by atoms with Gasteiger partial charge in [0, 0.05) is 11.5 Å². The van der Waals surface area contributed by atoms with Crippen LogP contribution in [0.5, 0.6) is 0 Å². The third-order valence-electron chi connectivity index (χ3n) is 5.19. The summed E-state index contributed by atoms with van der Waals surface area (Å²) in [6.07, 6.45) is 12.0. The minimum atomic E-state index is -0.391. The summed E-state index contributed by atoms with van der Waals surface area (Å²) >= 11 is 5.75. The summed E-state index contributed by atoms with van der Waals surface area (Å²) in [5, 5.41) is 0.150. The Morgan fingerprint density at radius 2 is 1.74 bits per heavy atom. The molecule has 1 fully saturated rings. The third kappa shape index (κ3) is 5.72. The van der Waals surface area contributed by atoms with Crippen LogP contribution in [0.25, 0.3) is 11.1 Å². The molecule has 140 valence electrons. The van der Waals surface area contributed by atoms with E-state index in [1.165, 1.54) is 44.6 Å². The van der Waals surface area contributed by atoms with Crippen molar-refractivity contribution in [1.82, 2.24) is 0 Å². The van der Waals surface area contributed by atoms with Gasteiger partial charge < -0.3 is 0 Å². The topological polar surface area (TPSA) is 0 Å². The number of hydrogen-bond donors (Lipinski definition) is 0. The fraction of sp³-hybridized carbons (Fsp3) is 0.360. The molecule has 2 heteroatoms. The molecule has 0 amide bonds. The van der Waals surface area contributed by atoms with Crippen molar-refractivity contribution in [3.8, 4) is 23.0 Å². The van der Waals surface area contributed by atoms with Crippen LogP contribution in [-0.2, 0) is 0 Å². The second-order valence-corrected chi connectivity index (χ2v) is 7.71. The fourth-order valence-electron chi connectivity index (χ4n) is 3.52. The Hall–Kier alpha value is -2.04. The molecular weight excluding hydrogens is 355 g/mol. The van der Waals surface area contributed by atoms with Crippen molar-refractivity contribution >= 4 is 11.6 Å². The lowest BCUT2D eigenvalue weighted by atomic mass is 9.82. The Morgan fingerprint density at radius 1 is 1.04 bits per heavy atom. The van der Waals surface area contributed by atoms with E-state index in [1.807, 2.05) is 30.3 Å². The molecule has 0 radical (unpaired) electrons. The fourth-order valence-corrected chi connectivity index (χ4v) is 3.64. The van der Waals surface area contributed by atoms with Gasteiger partial charge in [0.15, 0.2) is 0 Å². The van der Waals surface area contributed by atoms with Gasteiger partial charge in [0.1, 0.15) is 5.82 Å². The number of unbranched alkanes of at least 4 members (excludes halogenated alkanes) is 1. The summed E-state index contributed by atoms with van der Waals surface area (Å²) < 4.78 is 13.6. The molecule has 2 aromatic carbocycles. The largest absolute Gasteiger partial charge is 0.205 e. The highest BCUT2D eigenvalue weighted by atomic mass is 35.5. The van der Waals surface area contributed by atoms with E-state index in [0.717, 1.165) is 22.6 Å². The Kier molecular flexibility index (Phi) is 7.13. The average molecular weight is 381 g/mol. The summed E-state index contributed by atoms with van der Waals surface area (Å²) in [5.41, 5.74) is 2.81. The van der Waals surface area contributed by atoms with E-state index in [9.17, 15) is 4.39 Å². The molecule has 0 nitrogen and oxygen atoms in total. The van der Waals surface area contributed by atoms with Gasteiger partial charge in [0.05, 0.1) is 5.02 Å². The lowest BCUT2D eigenvalue weighted by Gasteiger charge is -2.23. The van der Waals surface area contributed by atoms with E-state index >= 15 is 0 Å². The molecule has 0 N–H and O–H groups in total. The van der Waals surface area contributed by atoms with E-state index in [0.29, 0.717) is 5.92 Å². The van der Waals surface area contributed by atoms with Gasteiger partial charge in [0.2, 0.25) is 0 Å². The normalized spacial score (nSPS) is 19.7. The molecule has 0 unspecified atom stereocenters. The number of allylic oxidation sites excluding steroid dienone is 2. The monoisotopic (exact) mass is 380 g/mol. The van der Waals surface area contributed by atoms with E-state index < -0.39 is 5.82 Å². The molecule has 0 aliphatic heterocycles. The van der Waals surface area contributed by atoms with Crippen LogP contribution in [0.3, 0.4) is 0 Å². The van der Waals surface area contributed by atoms with Crippen LogP contribution in [0.1, 0.15) is 51.0 Å². The zero-order valence-electron chi connectivity index (χ0n) is 15.8. The van der Waals surface area contributed by atoms with Crippen molar-refractivity contribution < 1.29 is 4.39 Å². The molecule has 2 aromatic rings. The molecule has 0 heterocycles. The first-order valence-corrected chi connectivity index (χ1v) is 10.3. The van der Waals surface area contributed by atoms with Crippen molar-refractivity contribution in [2.75, 3.05) is 0 Å². The molecule has 0 spiro atoms. The van der Waals surface area contributed by atoms with E-state index in [2.05, 4.69) is 30.9 Å². The Labute approximate surface area is 167 Å². The van der Waals surface area contributed by atoms with E-state index in [1.54, 1.807) is 6.07 Å². The van der Waals surface area contributed by atoms with Crippen molar-refractivity contribution in [1.29, 1.82) is 0 Å². The highest BCUT2D eigenvalue weighted by Crippen LogP contribution is 2.29. The van der Waals surface area contributed by atoms with Crippen molar-refractivity contribution in [3.05, 3.63) is 71.0 Å². The molecule has 1 saturated carbocycles. The first-order chi connectivity index (χ1) is 13.2. The van der Waals surface area contributed by atoms with E-state index in [-0.39, 0.29) is 5.02 Å². The second-order valence-electron chi connectivity index (χ2n) is 7.30. The minimum Gasteiger partial charge on any atom is -0.205 e. The van der Waals surface area contributed by atoms with Crippen molar-refractivity contribution in [3.63, 3.8) is 0 Å². The van der Waals surface area contributed by atoms with Gasteiger partial charge in [0.25, 0.3) is 0 Å². The summed E-state index contributed by atoms with van der Waals surface area (Å²) in [7, 11) is 0. The Bertz CT molecular complexity index is 831.